The van der Waals surface area contributed by atoms with Crippen molar-refractivity contribution in [3.63, 3.8) is 0 Å². The Balaban J connectivity index is 2.83. The van der Waals surface area contributed by atoms with Gasteiger partial charge in [-0.1, -0.05) is 0 Å². The highest BCUT2D eigenvalue weighted by molar-refractivity contribution is 14.1. The largest absolute Gasteiger partial charge is 0.370 e. The van der Waals surface area contributed by atoms with Crippen molar-refractivity contribution in [2.24, 2.45) is 16.5 Å². The average molecular weight is 401 g/mol. The van der Waals surface area contributed by atoms with Gasteiger partial charge >= 0.3 is 0 Å². The Morgan fingerprint density at radius 2 is 1.69 bits per heavy atom. The lowest BCUT2D eigenvalue weighted by molar-refractivity contribution is 1.05. The third-order valence-electron chi connectivity index (χ3n) is 1.37. The first-order valence-electron chi connectivity index (χ1n) is 3.58. The van der Waals surface area contributed by atoms with E-state index >= 15 is 0 Å². The van der Waals surface area contributed by atoms with E-state index in [1.54, 1.807) is 0 Å². The minimum atomic E-state index is 0.133. The summed E-state index contributed by atoms with van der Waals surface area (Å²) in [5, 5.41) is 0. The van der Waals surface area contributed by atoms with E-state index in [1.165, 1.54) is 7.14 Å². The van der Waals surface area contributed by atoms with Crippen molar-refractivity contribution in [2.75, 3.05) is 0 Å². The molecular formula is C8H9I2N3. The van der Waals surface area contributed by atoms with Gasteiger partial charge in [-0.15, -0.1) is 0 Å². The van der Waals surface area contributed by atoms with Crippen LogP contribution in [0.2, 0.25) is 0 Å². The van der Waals surface area contributed by atoms with E-state index in [1.807, 2.05) is 0 Å². The minimum Gasteiger partial charge on any atom is -0.370 e. The number of nitrogens with zero attached hydrogens (tertiary/aromatic N) is 1. The highest BCUT2D eigenvalue weighted by atomic mass is 127. The first-order chi connectivity index (χ1) is 6.08. The molecule has 1 aromatic carbocycles. The summed E-state index contributed by atoms with van der Waals surface area (Å²) < 4.78 is 2.40. The third-order valence-corrected chi connectivity index (χ3v) is 2.61. The smallest absolute Gasteiger partial charge is 0.186 e. The van der Waals surface area contributed by atoms with Gasteiger partial charge in [0, 0.05) is 7.14 Å². The van der Waals surface area contributed by atoms with Gasteiger partial charge in [-0.3, -0.25) is 0 Å². The molecule has 0 atom stereocenters. The van der Waals surface area contributed by atoms with Gasteiger partial charge in [-0.25, -0.2) is 4.99 Å². The fourth-order valence-electron chi connectivity index (χ4n) is 0.885. The molecule has 0 aromatic heterocycles. The lowest BCUT2D eigenvalue weighted by Crippen LogP contribution is -2.22. The first-order valence-corrected chi connectivity index (χ1v) is 5.74. The van der Waals surface area contributed by atoms with E-state index in [-0.39, 0.29) is 5.96 Å². The molecule has 4 N–H and O–H groups in total. The number of hydrogen-bond acceptors (Lipinski definition) is 1. The van der Waals surface area contributed by atoms with E-state index < -0.39 is 0 Å². The second kappa shape index (κ2) is 4.99. The minimum absolute atomic E-state index is 0.133. The molecule has 0 radical (unpaired) electrons. The van der Waals surface area contributed by atoms with Gasteiger partial charge in [-0.2, -0.15) is 0 Å². The zero-order chi connectivity index (χ0) is 9.84. The van der Waals surface area contributed by atoms with Crippen LogP contribution in [0.1, 0.15) is 5.56 Å². The molecule has 0 spiro atoms. The molecule has 0 unspecified atom stereocenters. The summed E-state index contributed by atoms with van der Waals surface area (Å²) in [4.78, 5) is 3.94. The Kier molecular flexibility index (Phi) is 4.23. The quantitative estimate of drug-likeness (QED) is 0.450. The monoisotopic (exact) mass is 401 g/mol. The van der Waals surface area contributed by atoms with Crippen LogP contribution in [0.4, 0.5) is 0 Å². The van der Waals surface area contributed by atoms with Crippen LogP contribution in [0.5, 0.6) is 0 Å². The second-order valence-electron chi connectivity index (χ2n) is 2.52. The number of guanidine groups is 1. The number of benzene rings is 1. The number of aliphatic imine (C=N–C) groups is 1. The van der Waals surface area contributed by atoms with Gasteiger partial charge < -0.3 is 11.5 Å². The van der Waals surface area contributed by atoms with Crippen LogP contribution in [0, 0.1) is 7.14 Å². The maximum Gasteiger partial charge on any atom is 0.186 e. The van der Waals surface area contributed by atoms with E-state index in [0.717, 1.165) is 5.56 Å². The number of halogens is 2. The van der Waals surface area contributed by atoms with E-state index in [4.69, 9.17) is 11.5 Å². The molecule has 70 valence electrons. The topological polar surface area (TPSA) is 64.4 Å². The van der Waals surface area contributed by atoms with Crippen molar-refractivity contribution in [1.29, 1.82) is 0 Å². The SMILES string of the molecule is NC(N)=NCc1cc(I)cc(I)c1. The molecule has 0 fully saturated rings. The van der Waals surface area contributed by atoms with Crippen LogP contribution < -0.4 is 11.5 Å². The molecule has 13 heavy (non-hydrogen) atoms. The van der Waals surface area contributed by atoms with Crippen LogP contribution in [-0.4, -0.2) is 5.96 Å². The predicted octanol–water partition coefficient (Wildman–Crippen LogP) is 1.67. The zero-order valence-corrected chi connectivity index (χ0v) is 11.1. The van der Waals surface area contributed by atoms with E-state index in [0.29, 0.717) is 6.54 Å². The maximum atomic E-state index is 5.24. The van der Waals surface area contributed by atoms with E-state index in [9.17, 15) is 0 Å². The lowest BCUT2D eigenvalue weighted by atomic mass is 10.2. The third kappa shape index (κ3) is 4.12. The molecule has 0 saturated heterocycles. The highest BCUT2D eigenvalue weighted by Gasteiger charge is 1.96. The molecule has 0 aliphatic carbocycles. The Morgan fingerprint density at radius 3 is 2.15 bits per heavy atom. The summed E-state index contributed by atoms with van der Waals surface area (Å²) in [6, 6.07) is 6.23. The van der Waals surface area contributed by atoms with Gasteiger partial charge in [0.05, 0.1) is 6.54 Å². The molecule has 0 saturated carbocycles. The van der Waals surface area contributed by atoms with Crippen LogP contribution >= 0.6 is 45.2 Å². The van der Waals surface area contributed by atoms with E-state index in [2.05, 4.69) is 68.4 Å². The molecule has 0 bridgehead atoms. The summed E-state index contributed by atoms with van der Waals surface area (Å²) in [5.74, 6) is 0.133. The molecule has 5 heteroatoms. The predicted molar refractivity (Wildman–Crippen MR) is 71.4 cm³/mol. The average Bonchev–Trinajstić information content (AvgIpc) is 1.99. The normalized spacial score (nSPS) is 9.69. The Bertz CT molecular complexity index is 312. The molecular weight excluding hydrogens is 392 g/mol. The summed E-state index contributed by atoms with van der Waals surface area (Å²) >= 11 is 4.54. The zero-order valence-electron chi connectivity index (χ0n) is 6.80. The number of nitrogens with two attached hydrogens (primary N) is 2. The molecule has 0 amide bonds. The number of rotatable bonds is 2. The molecule has 3 nitrogen and oxygen atoms in total. The van der Waals surface area contributed by atoms with Crippen molar-refractivity contribution < 1.29 is 0 Å². The second-order valence-corrected chi connectivity index (χ2v) is 5.01. The highest BCUT2D eigenvalue weighted by Crippen LogP contribution is 2.14. The molecule has 0 heterocycles. The number of hydrogen-bond donors (Lipinski definition) is 2. The van der Waals surface area contributed by atoms with Crippen molar-refractivity contribution in [1.82, 2.24) is 0 Å². The van der Waals surface area contributed by atoms with Gasteiger partial charge in [0.15, 0.2) is 5.96 Å². The van der Waals surface area contributed by atoms with Crippen molar-refractivity contribution in [3.05, 3.63) is 30.9 Å². The van der Waals surface area contributed by atoms with Gasteiger partial charge in [0.2, 0.25) is 0 Å². The maximum absolute atomic E-state index is 5.24. The van der Waals surface area contributed by atoms with Crippen LogP contribution in [-0.2, 0) is 6.54 Å². The summed E-state index contributed by atoms with van der Waals surface area (Å²) in [7, 11) is 0. The fourth-order valence-corrected chi connectivity index (χ4v) is 2.95. The lowest BCUT2D eigenvalue weighted by Gasteiger charge is -2.00. The standard InChI is InChI=1S/C8H9I2N3/c9-6-1-5(2-7(10)3-6)4-13-8(11)12/h1-3H,4H2,(H4,11,12,13). The summed E-state index contributed by atoms with van der Waals surface area (Å²) in [6.45, 7) is 0.551. The van der Waals surface area contributed by atoms with Crippen molar-refractivity contribution in [3.8, 4) is 0 Å². The molecule has 0 aliphatic heterocycles. The summed E-state index contributed by atoms with van der Waals surface area (Å²) in [6.07, 6.45) is 0. The molecule has 1 aromatic rings. The van der Waals surface area contributed by atoms with Gasteiger partial charge in [-0.05, 0) is 68.9 Å². The molecule has 0 aliphatic rings. The van der Waals surface area contributed by atoms with Crippen LogP contribution in [0.15, 0.2) is 23.2 Å². The summed E-state index contributed by atoms with van der Waals surface area (Å²) in [5.41, 5.74) is 11.6. The molecule has 1 rings (SSSR count). The van der Waals surface area contributed by atoms with Crippen molar-refractivity contribution >= 4 is 51.1 Å². The van der Waals surface area contributed by atoms with Gasteiger partial charge in [0.25, 0.3) is 0 Å². The van der Waals surface area contributed by atoms with Crippen LogP contribution in [0.3, 0.4) is 0 Å². The van der Waals surface area contributed by atoms with Crippen LogP contribution in [0.25, 0.3) is 0 Å². The van der Waals surface area contributed by atoms with Gasteiger partial charge in [0.1, 0.15) is 0 Å². The fraction of sp³-hybridized carbons (Fsp3) is 0.125. The van der Waals surface area contributed by atoms with Crippen molar-refractivity contribution in [2.45, 2.75) is 6.54 Å². The Morgan fingerprint density at radius 1 is 1.15 bits per heavy atom. The Labute approximate surface area is 104 Å². The Hall–Kier alpha value is -0.0500. The first kappa shape index (κ1) is 11.0.